The van der Waals surface area contributed by atoms with Gasteiger partial charge >= 0.3 is 0 Å². The van der Waals surface area contributed by atoms with Gasteiger partial charge in [0.05, 0.1) is 28.2 Å². The number of nitrogens with two attached hydrogens (primary N) is 1. The van der Waals surface area contributed by atoms with Crippen LogP contribution in [0, 0.1) is 6.92 Å². The average molecular weight is 630 g/mol. The van der Waals surface area contributed by atoms with Crippen LogP contribution in [-0.2, 0) is 22.6 Å². The number of aliphatic hydroxyl groups excluding tert-OH is 1. The summed E-state index contributed by atoms with van der Waals surface area (Å²) < 4.78 is -0.619. The smallest absolute Gasteiger partial charge is 0.254 e. The average Bonchev–Trinajstić information content (AvgIpc) is 3.27. The van der Waals surface area contributed by atoms with E-state index in [4.69, 9.17) is 28.9 Å². The van der Waals surface area contributed by atoms with Gasteiger partial charge < -0.3 is 26.4 Å². The highest BCUT2D eigenvalue weighted by atomic mass is 35.5. The van der Waals surface area contributed by atoms with Crippen molar-refractivity contribution in [3.63, 3.8) is 0 Å². The van der Waals surface area contributed by atoms with Crippen LogP contribution in [-0.4, -0.2) is 56.5 Å². The molecule has 3 aromatic carbocycles. The number of carbonyl (C=O) groups is 3. The van der Waals surface area contributed by atoms with Crippen molar-refractivity contribution in [3.05, 3.63) is 99.0 Å². The lowest BCUT2D eigenvalue weighted by atomic mass is 9.96. The van der Waals surface area contributed by atoms with E-state index in [2.05, 4.69) is 10.6 Å². The van der Waals surface area contributed by atoms with Crippen LogP contribution in [0.3, 0.4) is 0 Å². The van der Waals surface area contributed by atoms with Crippen molar-refractivity contribution >= 4 is 58.4 Å². The molecule has 3 atom stereocenters. The van der Waals surface area contributed by atoms with Crippen LogP contribution in [0.1, 0.15) is 40.9 Å². The van der Waals surface area contributed by atoms with Gasteiger partial charge in [-0.2, -0.15) is 0 Å². The number of anilines is 1. The van der Waals surface area contributed by atoms with Crippen LogP contribution in [0.15, 0.2) is 66.7 Å². The maximum atomic E-state index is 13.9. The normalized spacial score (nSPS) is 17.4. The third kappa shape index (κ3) is 7.21. The second-order valence-electron chi connectivity index (χ2n) is 10.8. The number of amides is 3. The van der Waals surface area contributed by atoms with Crippen molar-refractivity contribution in [2.45, 2.75) is 56.7 Å². The van der Waals surface area contributed by atoms with Gasteiger partial charge in [0.25, 0.3) is 11.8 Å². The molecular weight excluding hydrogens is 595 g/mol. The molecule has 42 heavy (non-hydrogen) atoms. The summed E-state index contributed by atoms with van der Waals surface area (Å²) in [4.78, 5) is 42.0. The predicted molar refractivity (Wildman–Crippen MR) is 168 cm³/mol. The standard InChI is InChI=1S/C31H34Cl2N4O4S/c1-18-8-4-5-10-20(18)16-35-29(40)27-31(2,3)42-17-37(27)30(41)26(38)24(15-19-9-6-11-21(32)14-19)36-28(39)22-12-7-13-23(34)25(22)33/h4-14,24,26-27,38H,15-17,34H2,1-3H3,(H,35,40)(H,36,39)/t24-,26-,27+/m0/s1. The molecule has 0 spiro atoms. The molecule has 0 bridgehead atoms. The van der Waals surface area contributed by atoms with Gasteiger partial charge in [0.15, 0.2) is 6.10 Å². The molecule has 3 amide bonds. The molecule has 0 aromatic heterocycles. The van der Waals surface area contributed by atoms with Gasteiger partial charge in [-0.1, -0.05) is 65.7 Å². The number of aliphatic hydroxyl groups is 1. The first-order chi connectivity index (χ1) is 19.9. The molecule has 0 aliphatic carbocycles. The van der Waals surface area contributed by atoms with Gasteiger partial charge in [-0.05, 0) is 68.1 Å². The zero-order chi connectivity index (χ0) is 30.6. The molecule has 5 N–H and O–H groups in total. The third-order valence-corrected chi connectivity index (χ3v) is 9.39. The molecule has 8 nitrogen and oxygen atoms in total. The van der Waals surface area contributed by atoms with Crippen LogP contribution in [0.4, 0.5) is 5.69 Å². The Labute approximate surface area is 259 Å². The lowest BCUT2D eigenvalue weighted by Gasteiger charge is -2.33. The molecule has 1 fully saturated rings. The Morgan fingerprint density at radius 3 is 2.52 bits per heavy atom. The number of nitrogens with zero attached hydrogens (tertiary/aromatic N) is 1. The fourth-order valence-electron chi connectivity index (χ4n) is 4.97. The summed E-state index contributed by atoms with van der Waals surface area (Å²) in [7, 11) is 0. The zero-order valence-corrected chi connectivity index (χ0v) is 25.9. The molecule has 0 radical (unpaired) electrons. The maximum absolute atomic E-state index is 13.9. The SMILES string of the molecule is Cc1ccccc1CNC(=O)[C@H]1N(C(=O)[C@@H](O)[C@H](Cc2cccc(Cl)c2)NC(=O)c2cccc(N)c2Cl)CSC1(C)C. The van der Waals surface area contributed by atoms with E-state index >= 15 is 0 Å². The van der Waals surface area contributed by atoms with E-state index in [0.29, 0.717) is 17.1 Å². The minimum atomic E-state index is -1.67. The Hall–Kier alpha value is -3.24. The Morgan fingerprint density at radius 2 is 1.81 bits per heavy atom. The summed E-state index contributed by atoms with van der Waals surface area (Å²) in [6, 6.07) is 17.4. The Bertz CT molecular complexity index is 1480. The molecule has 1 aliphatic heterocycles. The van der Waals surface area contributed by atoms with Gasteiger partial charge in [-0.3, -0.25) is 14.4 Å². The maximum Gasteiger partial charge on any atom is 0.254 e. The van der Waals surface area contributed by atoms with Crippen molar-refractivity contribution < 1.29 is 19.5 Å². The summed E-state index contributed by atoms with van der Waals surface area (Å²) in [5, 5.41) is 17.7. The number of nitrogen functional groups attached to an aromatic ring is 1. The number of rotatable bonds is 9. The number of hydrogen-bond donors (Lipinski definition) is 4. The number of thioether (sulfide) groups is 1. The van der Waals surface area contributed by atoms with E-state index in [-0.39, 0.29) is 34.5 Å². The monoisotopic (exact) mass is 628 g/mol. The number of halogens is 2. The summed E-state index contributed by atoms with van der Waals surface area (Å²) in [6.45, 7) is 6.06. The quantitative estimate of drug-likeness (QED) is 0.257. The minimum absolute atomic E-state index is 0.0698. The number of aryl methyl sites for hydroxylation is 1. The summed E-state index contributed by atoms with van der Waals surface area (Å²) in [5.74, 6) is -1.40. The number of benzene rings is 3. The van der Waals surface area contributed by atoms with E-state index in [1.54, 1.807) is 36.4 Å². The van der Waals surface area contributed by atoms with Crippen LogP contribution in [0.25, 0.3) is 0 Å². The minimum Gasteiger partial charge on any atom is -0.398 e. The van der Waals surface area contributed by atoms with Crippen molar-refractivity contribution in [1.82, 2.24) is 15.5 Å². The third-order valence-electron chi connectivity index (χ3n) is 7.36. The van der Waals surface area contributed by atoms with Crippen molar-refractivity contribution in [2.75, 3.05) is 11.6 Å². The molecule has 222 valence electrons. The van der Waals surface area contributed by atoms with E-state index in [9.17, 15) is 19.5 Å². The van der Waals surface area contributed by atoms with Crippen LogP contribution >= 0.6 is 35.0 Å². The fraction of sp³-hybridized carbons (Fsp3) is 0.323. The van der Waals surface area contributed by atoms with Crippen molar-refractivity contribution in [1.29, 1.82) is 0 Å². The lowest BCUT2D eigenvalue weighted by molar-refractivity contribution is -0.147. The highest BCUT2D eigenvalue weighted by Crippen LogP contribution is 2.40. The Balaban J connectivity index is 1.58. The summed E-state index contributed by atoms with van der Waals surface area (Å²) in [5.41, 5.74) is 8.93. The number of carbonyl (C=O) groups excluding carboxylic acids is 3. The first kappa shape index (κ1) is 31.7. The molecule has 4 rings (SSSR count). The molecule has 11 heteroatoms. The Kier molecular flexibility index (Phi) is 10.1. The van der Waals surface area contributed by atoms with Crippen molar-refractivity contribution in [3.8, 4) is 0 Å². The topological polar surface area (TPSA) is 125 Å². The van der Waals surface area contributed by atoms with E-state index in [1.165, 1.54) is 22.7 Å². The van der Waals surface area contributed by atoms with Gasteiger partial charge in [0, 0.05) is 16.3 Å². The number of nitrogens with one attached hydrogen (secondary N) is 2. The van der Waals surface area contributed by atoms with Crippen molar-refractivity contribution in [2.24, 2.45) is 0 Å². The van der Waals surface area contributed by atoms with Gasteiger partial charge in [-0.25, -0.2) is 0 Å². The van der Waals surface area contributed by atoms with E-state index in [1.807, 2.05) is 45.0 Å². The lowest BCUT2D eigenvalue weighted by Crippen LogP contribution is -2.58. The van der Waals surface area contributed by atoms with Gasteiger partial charge in [0.2, 0.25) is 5.91 Å². The Morgan fingerprint density at radius 1 is 1.10 bits per heavy atom. The molecule has 3 aromatic rings. The second kappa shape index (κ2) is 13.4. The van der Waals surface area contributed by atoms with Gasteiger partial charge in [0.1, 0.15) is 6.04 Å². The number of hydrogen-bond acceptors (Lipinski definition) is 6. The highest BCUT2D eigenvalue weighted by Gasteiger charge is 2.49. The highest BCUT2D eigenvalue weighted by molar-refractivity contribution is 8.00. The van der Waals surface area contributed by atoms with Crippen LogP contribution in [0.5, 0.6) is 0 Å². The molecule has 0 unspecified atom stereocenters. The van der Waals surface area contributed by atoms with Crippen LogP contribution in [0.2, 0.25) is 10.0 Å². The van der Waals surface area contributed by atoms with Gasteiger partial charge in [-0.15, -0.1) is 11.8 Å². The predicted octanol–water partition coefficient (Wildman–Crippen LogP) is 4.58. The zero-order valence-electron chi connectivity index (χ0n) is 23.6. The largest absolute Gasteiger partial charge is 0.398 e. The summed E-state index contributed by atoms with van der Waals surface area (Å²) >= 11 is 13.9. The molecular formula is C31H34Cl2N4O4S. The first-order valence-electron chi connectivity index (χ1n) is 13.4. The summed E-state index contributed by atoms with van der Waals surface area (Å²) in [6.07, 6.45) is -1.58. The second-order valence-corrected chi connectivity index (χ2v) is 13.2. The molecule has 1 saturated heterocycles. The molecule has 0 saturated carbocycles. The first-order valence-corrected chi connectivity index (χ1v) is 15.2. The molecule has 1 heterocycles. The van der Waals surface area contributed by atoms with E-state index < -0.39 is 34.7 Å². The fourth-order valence-corrected chi connectivity index (χ4v) is 6.54. The van der Waals surface area contributed by atoms with E-state index in [0.717, 1.165) is 11.1 Å². The molecule has 1 aliphatic rings. The van der Waals surface area contributed by atoms with Crippen LogP contribution < -0.4 is 16.4 Å².